The van der Waals surface area contributed by atoms with Crippen molar-refractivity contribution in [2.24, 2.45) is 0 Å². The maximum absolute atomic E-state index is 5.64. The Hall–Kier alpha value is -1.87. The molecule has 1 aromatic carbocycles. The Kier molecular flexibility index (Phi) is 4.40. The van der Waals surface area contributed by atoms with Crippen LogP contribution in [-0.4, -0.2) is 19.1 Å². The first-order valence-electron chi connectivity index (χ1n) is 6.82. The molecule has 106 valence electrons. The normalized spacial score (nSPS) is 12.2. The molecule has 0 aliphatic heterocycles. The maximum atomic E-state index is 5.64. The summed E-state index contributed by atoms with van der Waals surface area (Å²) in [6.45, 7) is 6.31. The lowest BCUT2D eigenvalue weighted by Gasteiger charge is -2.23. The summed E-state index contributed by atoms with van der Waals surface area (Å²) in [5, 5.41) is 3.38. The Bertz CT molecular complexity index is 608. The fourth-order valence-corrected chi connectivity index (χ4v) is 2.57. The molecule has 20 heavy (non-hydrogen) atoms. The van der Waals surface area contributed by atoms with Gasteiger partial charge in [-0.2, -0.15) is 0 Å². The highest BCUT2D eigenvalue weighted by molar-refractivity contribution is 5.50. The van der Waals surface area contributed by atoms with Crippen LogP contribution < -0.4 is 10.1 Å². The molecule has 2 aromatic rings. The zero-order valence-electron chi connectivity index (χ0n) is 12.8. The Labute approximate surface area is 121 Å². The van der Waals surface area contributed by atoms with E-state index in [2.05, 4.69) is 43.2 Å². The van der Waals surface area contributed by atoms with Gasteiger partial charge in [0.05, 0.1) is 13.2 Å². The van der Waals surface area contributed by atoms with E-state index < -0.39 is 0 Å². The number of hydrogen-bond donors (Lipinski definition) is 1. The first kappa shape index (κ1) is 14.5. The average molecular weight is 270 g/mol. The van der Waals surface area contributed by atoms with E-state index in [1.807, 2.05) is 25.5 Å². The Morgan fingerprint density at radius 3 is 2.40 bits per heavy atom. The molecule has 2 rings (SSSR count). The molecule has 1 heterocycles. The van der Waals surface area contributed by atoms with E-state index in [4.69, 9.17) is 4.74 Å². The fraction of sp³-hybridized carbons (Fsp3) is 0.353. The Morgan fingerprint density at radius 2 is 1.80 bits per heavy atom. The largest absolute Gasteiger partial charge is 0.496 e. The molecule has 0 bridgehead atoms. The van der Waals surface area contributed by atoms with Crippen molar-refractivity contribution in [1.29, 1.82) is 0 Å². The van der Waals surface area contributed by atoms with Crippen LogP contribution in [0, 0.1) is 20.8 Å². The molecule has 0 amide bonds. The second-order valence-electron chi connectivity index (χ2n) is 5.08. The van der Waals surface area contributed by atoms with Gasteiger partial charge in [0.1, 0.15) is 5.75 Å². The van der Waals surface area contributed by atoms with Gasteiger partial charge >= 0.3 is 0 Å². The average Bonchev–Trinajstić information content (AvgIpc) is 2.45. The van der Waals surface area contributed by atoms with E-state index in [0.29, 0.717) is 0 Å². The van der Waals surface area contributed by atoms with Crippen molar-refractivity contribution in [3.05, 3.63) is 58.4 Å². The number of aromatic nitrogens is 1. The molecular weight excluding hydrogens is 248 g/mol. The van der Waals surface area contributed by atoms with Gasteiger partial charge in [0.15, 0.2) is 0 Å². The SMILES string of the molecule is CNC(c1cnccc1C)c1ccc(C)c(C)c1OC. The second kappa shape index (κ2) is 6.06. The number of nitrogens with zero attached hydrogens (tertiary/aromatic N) is 1. The smallest absolute Gasteiger partial charge is 0.127 e. The van der Waals surface area contributed by atoms with Crippen molar-refractivity contribution in [2.75, 3.05) is 14.2 Å². The van der Waals surface area contributed by atoms with E-state index >= 15 is 0 Å². The molecular formula is C17H22N2O. The van der Waals surface area contributed by atoms with Crippen molar-refractivity contribution < 1.29 is 4.74 Å². The fourth-order valence-electron chi connectivity index (χ4n) is 2.57. The van der Waals surface area contributed by atoms with Gasteiger partial charge in [-0.1, -0.05) is 12.1 Å². The molecule has 0 aliphatic rings. The van der Waals surface area contributed by atoms with Crippen LogP contribution in [0.5, 0.6) is 5.75 Å². The van der Waals surface area contributed by atoms with Crippen LogP contribution in [-0.2, 0) is 0 Å². The number of nitrogens with one attached hydrogen (secondary N) is 1. The topological polar surface area (TPSA) is 34.2 Å². The van der Waals surface area contributed by atoms with Crippen LogP contribution in [0.1, 0.15) is 33.9 Å². The monoisotopic (exact) mass is 270 g/mol. The number of methoxy groups -OCH3 is 1. The van der Waals surface area contributed by atoms with Crippen LogP contribution >= 0.6 is 0 Å². The summed E-state index contributed by atoms with van der Waals surface area (Å²) < 4.78 is 5.64. The Balaban J connectivity index is 2.59. The zero-order valence-corrected chi connectivity index (χ0v) is 12.8. The molecule has 0 fully saturated rings. The van der Waals surface area contributed by atoms with Gasteiger partial charge in [-0.25, -0.2) is 0 Å². The molecule has 0 saturated carbocycles. The van der Waals surface area contributed by atoms with E-state index in [9.17, 15) is 0 Å². The summed E-state index contributed by atoms with van der Waals surface area (Å²) in [5.41, 5.74) is 5.97. The minimum Gasteiger partial charge on any atom is -0.496 e. The molecule has 1 unspecified atom stereocenters. The van der Waals surface area contributed by atoms with Gasteiger partial charge < -0.3 is 10.1 Å². The molecule has 3 nitrogen and oxygen atoms in total. The first-order chi connectivity index (χ1) is 9.60. The van der Waals surface area contributed by atoms with Gasteiger partial charge in [0, 0.05) is 18.0 Å². The maximum Gasteiger partial charge on any atom is 0.127 e. The van der Waals surface area contributed by atoms with Crippen LogP contribution in [0.4, 0.5) is 0 Å². The molecule has 0 spiro atoms. The predicted molar refractivity (Wildman–Crippen MR) is 82.3 cm³/mol. The predicted octanol–water partition coefficient (Wildman–Crippen LogP) is 3.32. The zero-order chi connectivity index (χ0) is 14.7. The number of benzene rings is 1. The van der Waals surface area contributed by atoms with Crippen molar-refractivity contribution in [2.45, 2.75) is 26.8 Å². The van der Waals surface area contributed by atoms with E-state index in [-0.39, 0.29) is 6.04 Å². The van der Waals surface area contributed by atoms with E-state index in [1.165, 1.54) is 22.3 Å². The van der Waals surface area contributed by atoms with E-state index in [0.717, 1.165) is 11.3 Å². The lowest BCUT2D eigenvalue weighted by molar-refractivity contribution is 0.401. The second-order valence-corrected chi connectivity index (χ2v) is 5.08. The van der Waals surface area contributed by atoms with Gasteiger partial charge in [-0.05, 0) is 56.1 Å². The molecule has 1 atom stereocenters. The Morgan fingerprint density at radius 1 is 1.05 bits per heavy atom. The summed E-state index contributed by atoms with van der Waals surface area (Å²) in [6.07, 6.45) is 3.74. The molecule has 0 saturated heterocycles. The quantitative estimate of drug-likeness (QED) is 0.925. The number of rotatable bonds is 4. The summed E-state index contributed by atoms with van der Waals surface area (Å²) >= 11 is 0. The van der Waals surface area contributed by atoms with Crippen molar-refractivity contribution in [3.8, 4) is 5.75 Å². The third-order valence-electron chi connectivity index (χ3n) is 3.90. The highest BCUT2D eigenvalue weighted by Gasteiger charge is 2.20. The van der Waals surface area contributed by atoms with Crippen LogP contribution in [0.2, 0.25) is 0 Å². The minimum atomic E-state index is 0.0814. The highest BCUT2D eigenvalue weighted by atomic mass is 16.5. The molecule has 3 heteroatoms. The van der Waals surface area contributed by atoms with Crippen molar-refractivity contribution in [3.63, 3.8) is 0 Å². The van der Waals surface area contributed by atoms with Gasteiger partial charge in [0.25, 0.3) is 0 Å². The summed E-state index contributed by atoms with van der Waals surface area (Å²) in [6, 6.07) is 6.39. The lowest BCUT2D eigenvalue weighted by atomic mass is 9.93. The summed E-state index contributed by atoms with van der Waals surface area (Å²) in [4.78, 5) is 4.25. The van der Waals surface area contributed by atoms with Gasteiger partial charge in [-0.3, -0.25) is 4.98 Å². The molecule has 0 radical (unpaired) electrons. The lowest BCUT2D eigenvalue weighted by Crippen LogP contribution is -2.20. The third kappa shape index (κ3) is 2.54. The first-order valence-corrected chi connectivity index (χ1v) is 6.82. The van der Waals surface area contributed by atoms with Crippen LogP contribution in [0.25, 0.3) is 0 Å². The van der Waals surface area contributed by atoms with Gasteiger partial charge in [0.2, 0.25) is 0 Å². The summed E-state index contributed by atoms with van der Waals surface area (Å²) in [7, 11) is 3.69. The highest BCUT2D eigenvalue weighted by Crippen LogP contribution is 2.34. The summed E-state index contributed by atoms with van der Waals surface area (Å²) in [5.74, 6) is 0.951. The van der Waals surface area contributed by atoms with Gasteiger partial charge in [-0.15, -0.1) is 0 Å². The third-order valence-corrected chi connectivity index (χ3v) is 3.90. The molecule has 0 aliphatic carbocycles. The number of ether oxygens (including phenoxy) is 1. The van der Waals surface area contributed by atoms with Crippen molar-refractivity contribution >= 4 is 0 Å². The van der Waals surface area contributed by atoms with Crippen LogP contribution in [0.3, 0.4) is 0 Å². The molecule has 1 aromatic heterocycles. The minimum absolute atomic E-state index is 0.0814. The number of aryl methyl sites for hydroxylation is 2. The molecule has 1 N–H and O–H groups in total. The van der Waals surface area contributed by atoms with E-state index in [1.54, 1.807) is 7.11 Å². The standard InChI is InChI=1S/C17H22N2O/c1-11-6-7-14(17(20-5)13(11)3)16(18-4)15-10-19-9-8-12(15)2/h6-10,16,18H,1-5H3. The number of hydrogen-bond acceptors (Lipinski definition) is 3. The van der Waals surface area contributed by atoms with Crippen molar-refractivity contribution in [1.82, 2.24) is 10.3 Å². The van der Waals surface area contributed by atoms with Crippen LogP contribution in [0.15, 0.2) is 30.6 Å². The number of pyridine rings is 1.